The Morgan fingerprint density at radius 1 is 1.32 bits per heavy atom. The molecule has 6 nitrogen and oxygen atoms in total. The molecule has 1 aliphatic rings. The number of fused-ring (bicyclic) bond motifs is 1. The van der Waals surface area contributed by atoms with E-state index in [9.17, 15) is 22.8 Å². The molecule has 0 aliphatic carbocycles. The van der Waals surface area contributed by atoms with Crippen LogP contribution in [0.2, 0.25) is 0 Å². The van der Waals surface area contributed by atoms with E-state index < -0.39 is 35.8 Å². The van der Waals surface area contributed by atoms with E-state index in [1.807, 2.05) is 0 Å². The van der Waals surface area contributed by atoms with Gasteiger partial charge < -0.3 is 20.7 Å². The third-order valence-electron chi connectivity index (χ3n) is 4.54. The molecule has 0 bridgehead atoms. The highest BCUT2D eigenvalue weighted by molar-refractivity contribution is 6.03. The first-order valence-electron chi connectivity index (χ1n) is 8.40. The first-order chi connectivity index (χ1) is 13.2. The third-order valence-corrected chi connectivity index (χ3v) is 4.54. The molecule has 0 saturated carbocycles. The van der Waals surface area contributed by atoms with Crippen molar-refractivity contribution < 1.29 is 27.5 Å². The number of ether oxygens (including phenoxy) is 1. The fraction of sp³-hybridized carbons (Fsp3) is 0.263. The second-order valence-electron chi connectivity index (χ2n) is 6.47. The molecule has 9 heteroatoms. The summed E-state index contributed by atoms with van der Waals surface area (Å²) < 4.78 is 45.9. The monoisotopic (exact) mass is 393 g/mol. The molecule has 1 atom stereocenters. The Morgan fingerprint density at radius 2 is 2.04 bits per heavy atom. The van der Waals surface area contributed by atoms with Gasteiger partial charge in [-0.15, -0.1) is 0 Å². The zero-order valence-electron chi connectivity index (χ0n) is 15.1. The molecule has 2 aromatic carbocycles. The first kappa shape index (κ1) is 19.5. The highest BCUT2D eigenvalue weighted by atomic mass is 19.3. The number of halogens is 3. The van der Waals surface area contributed by atoms with Crippen LogP contribution in [0, 0.1) is 12.7 Å². The van der Waals surface area contributed by atoms with Crippen molar-refractivity contribution in [2.45, 2.75) is 25.8 Å². The molecule has 0 unspecified atom stereocenters. The molecule has 3 N–H and O–H groups in total. The number of hydrogen-bond acceptors (Lipinski definition) is 3. The number of anilines is 1. The van der Waals surface area contributed by atoms with Gasteiger partial charge in [0, 0.05) is 19.5 Å². The van der Waals surface area contributed by atoms with Gasteiger partial charge in [-0.2, -0.15) is 0 Å². The molecule has 0 saturated heterocycles. The quantitative estimate of drug-likeness (QED) is 0.835. The fourth-order valence-electron chi connectivity index (χ4n) is 3.20. The number of urea groups is 1. The summed E-state index contributed by atoms with van der Waals surface area (Å²) in [5.74, 6) is -1.32. The molecule has 1 aliphatic heterocycles. The SMILES string of the molecule is Cc1ccc2c(c1Oc1cc(F)ccc1C(F)F)N(C)C(=O)[C@H](NC(N)=O)C2. The second-order valence-corrected chi connectivity index (χ2v) is 6.47. The zero-order chi connectivity index (χ0) is 20.6. The van der Waals surface area contributed by atoms with Crippen LogP contribution in [-0.4, -0.2) is 25.0 Å². The molecular formula is C19H18F3N3O3. The van der Waals surface area contributed by atoms with Crippen molar-refractivity contribution in [3.8, 4) is 11.5 Å². The van der Waals surface area contributed by atoms with Crippen molar-refractivity contribution in [2.75, 3.05) is 11.9 Å². The number of primary amides is 1. The number of carbonyl (C=O) groups excluding carboxylic acids is 2. The average Bonchev–Trinajstić information content (AvgIpc) is 2.61. The molecule has 3 amide bonds. The van der Waals surface area contributed by atoms with Crippen LogP contribution < -0.4 is 20.7 Å². The molecular weight excluding hydrogens is 375 g/mol. The maximum atomic E-state index is 13.6. The number of nitrogens with zero attached hydrogens (tertiary/aromatic N) is 1. The minimum atomic E-state index is -2.86. The van der Waals surface area contributed by atoms with Crippen molar-refractivity contribution in [1.29, 1.82) is 0 Å². The molecule has 1 heterocycles. The Bertz CT molecular complexity index is 950. The van der Waals surface area contributed by atoms with E-state index in [1.165, 1.54) is 11.9 Å². The maximum Gasteiger partial charge on any atom is 0.312 e. The summed E-state index contributed by atoms with van der Waals surface area (Å²) in [4.78, 5) is 25.0. The number of amides is 3. The largest absolute Gasteiger partial charge is 0.454 e. The van der Waals surface area contributed by atoms with Gasteiger partial charge in [-0.3, -0.25) is 4.79 Å². The van der Waals surface area contributed by atoms with Crippen molar-refractivity contribution in [3.63, 3.8) is 0 Å². The predicted octanol–water partition coefficient (Wildman–Crippen LogP) is 3.42. The van der Waals surface area contributed by atoms with Crippen molar-refractivity contribution in [2.24, 2.45) is 5.73 Å². The number of hydrogen-bond donors (Lipinski definition) is 2. The Labute approximate surface area is 159 Å². The number of benzene rings is 2. The summed E-state index contributed by atoms with van der Waals surface area (Å²) in [6.45, 7) is 1.68. The van der Waals surface area contributed by atoms with E-state index in [1.54, 1.807) is 19.1 Å². The molecule has 3 rings (SSSR count). The number of nitrogens with one attached hydrogen (secondary N) is 1. The normalized spacial score (nSPS) is 16.1. The fourth-order valence-corrected chi connectivity index (χ4v) is 3.20. The summed E-state index contributed by atoms with van der Waals surface area (Å²) in [6, 6.07) is 4.52. The van der Waals surface area contributed by atoms with Crippen LogP contribution in [-0.2, 0) is 11.2 Å². The summed E-state index contributed by atoms with van der Waals surface area (Å²) >= 11 is 0. The van der Waals surface area contributed by atoms with Crippen molar-refractivity contribution in [3.05, 3.63) is 52.8 Å². The molecule has 2 aromatic rings. The minimum Gasteiger partial charge on any atom is -0.454 e. The Hall–Kier alpha value is -3.23. The van der Waals surface area contributed by atoms with Crippen molar-refractivity contribution in [1.82, 2.24) is 5.32 Å². The van der Waals surface area contributed by atoms with E-state index >= 15 is 0 Å². The predicted molar refractivity (Wildman–Crippen MR) is 96.2 cm³/mol. The minimum absolute atomic E-state index is 0.156. The molecule has 0 radical (unpaired) electrons. The van der Waals surface area contributed by atoms with Crippen LogP contribution >= 0.6 is 0 Å². The van der Waals surface area contributed by atoms with Gasteiger partial charge in [0.1, 0.15) is 17.6 Å². The summed E-state index contributed by atoms with van der Waals surface area (Å²) in [5.41, 5.74) is 6.25. The van der Waals surface area contributed by atoms with Crippen LogP contribution in [0.3, 0.4) is 0 Å². The van der Waals surface area contributed by atoms with Gasteiger partial charge in [0.15, 0.2) is 5.75 Å². The molecule has 0 aromatic heterocycles. The van der Waals surface area contributed by atoms with E-state index in [2.05, 4.69) is 5.32 Å². The second kappa shape index (κ2) is 7.41. The van der Waals surface area contributed by atoms with Crippen LogP contribution in [0.4, 0.5) is 23.7 Å². The lowest BCUT2D eigenvalue weighted by atomic mass is 9.95. The number of rotatable bonds is 4. The van der Waals surface area contributed by atoms with Gasteiger partial charge in [-0.05, 0) is 30.2 Å². The zero-order valence-corrected chi connectivity index (χ0v) is 15.1. The number of likely N-dealkylation sites (N-methyl/N-ethyl adjacent to an activating group) is 1. The highest BCUT2D eigenvalue weighted by Crippen LogP contribution is 2.43. The lowest BCUT2D eigenvalue weighted by molar-refractivity contribution is -0.120. The van der Waals surface area contributed by atoms with Crippen LogP contribution in [0.5, 0.6) is 11.5 Å². The highest BCUT2D eigenvalue weighted by Gasteiger charge is 2.34. The number of aryl methyl sites for hydroxylation is 1. The van der Waals surface area contributed by atoms with E-state index in [0.29, 0.717) is 16.8 Å². The average molecular weight is 393 g/mol. The van der Waals surface area contributed by atoms with Gasteiger partial charge in [0.25, 0.3) is 6.43 Å². The van der Waals surface area contributed by atoms with Crippen molar-refractivity contribution >= 4 is 17.6 Å². The Kier molecular flexibility index (Phi) is 5.17. The van der Waals surface area contributed by atoms with Gasteiger partial charge in [0.05, 0.1) is 11.3 Å². The van der Waals surface area contributed by atoms with E-state index in [0.717, 1.165) is 18.2 Å². The number of carbonyl (C=O) groups is 2. The van der Waals surface area contributed by atoms with Crippen LogP contribution in [0.15, 0.2) is 30.3 Å². The van der Waals surface area contributed by atoms with Crippen LogP contribution in [0.1, 0.15) is 23.1 Å². The van der Waals surface area contributed by atoms with Gasteiger partial charge in [-0.25, -0.2) is 18.0 Å². The topological polar surface area (TPSA) is 84.7 Å². The van der Waals surface area contributed by atoms with Gasteiger partial charge in [0.2, 0.25) is 5.91 Å². The summed E-state index contributed by atoms with van der Waals surface area (Å²) in [5, 5.41) is 2.38. The number of alkyl halides is 2. The summed E-state index contributed by atoms with van der Waals surface area (Å²) in [6.07, 6.45) is -2.71. The standard InChI is InChI=1S/C19H18F3N3O3/c1-9-3-4-10-7-13(24-19(23)27)18(26)25(2)15(10)16(9)28-14-8-11(20)5-6-12(14)17(21)22/h3-6,8,13,17H,7H2,1-2H3,(H3,23,24,27)/t13-/m1/s1. The maximum absolute atomic E-state index is 13.6. The molecule has 0 spiro atoms. The molecule has 28 heavy (non-hydrogen) atoms. The first-order valence-corrected chi connectivity index (χ1v) is 8.40. The molecule has 148 valence electrons. The van der Waals surface area contributed by atoms with E-state index in [-0.39, 0.29) is 17.9 Å². The van der Waals surface area contributed by atoms with Crippen LogP contribution in [0.25, 0.3) is 0 Å². The van der Waals surface area contributed by atoms with Gasteiger partial charge >= 0.3 is 6.03 Å². The summed E-state index contributed by atoms with van der Waals surface area (Å²) in [7, 11) is 1.47. The van der Waals surface area contributed by atoms with E-state index in [4.69, 9.17) is 10.5 Å². The Morgan fingerprint density at radius 3 is 2.68 bits per heavy atom. The number of nitrogens with two attached hydrogens (primary N) is 1. The lowest BCUT2D eigenvalue weighted by Crippen LogP contribution is -2.53. The smallest absolute Gasteiger partial charge is 0.312 e. The molecule has 0 fully saturated rings. The Balaban J connectivity index is 2.07. The van der Waals surface area contributed by atoms with Gasteiger partial charge in [-0.1, -0.05) is 12.1 Å². The lowest BCUT2D eigenvalue weighted by Gasteiger charge is -2.33. The third kappa shape index (κ3) is 3.60.